The normalized spacial score (nSPS) is 10.8. The highest BCUT2D eigenvalue weighted by atomic mass is 32.2. The van der Waals surface area contributed by atoms with Crippen LogP contribution in [-0.4, -0.2) is 16.6 Å². The molecular weight excluding hydrogens is 390 g/mol. The van der Waals surface area contributed by atoms with Crippen LogP contribution in [0.3, 0.4) is 0 Å². The van der Waals surface area contributed by atoms with E-state index >= 15 is 0 Å². The second-order valence-corrected chi connectivity index (χ2v) is 7.60. The Balaban J connectivity index is 1.68. The van der Waals surface area contributed by atoms with Gasteiger partial charge in [0, 0.05) is 15.8 Å². The predicted octanol–water partition coefficient (Wildman–Crippen LogP) is 5.60. The molecule has 0 saturated carbocycles. The number of carbonyl (C=O) groups is 1. The molecule has 4 nitrogen and oxygen atoms in total. The molecule has 0 spiro atoms. The Bertz CT molecular complexity index is 931. The van der Waals surface area contributed by atoms with E-state index in [1.54, 1.807) is 59.9 Å². The van der Waals surface area contributed by atoms with Crippen molar-refractivity contribution in [2.24, 2.45) is 0 Å². The molecule has 1 N–H and O–H groups in total. The Kier molecular flexibility index (Phi) is 6.41. The summed E-state index contributed by atoms with van der Waals surface area (Å²) in [7, 11) is 0. The summed E-state index contributed by atoms with van der Waals surface area (Å²) in [6, 6.07) is 13.2. The summed E-state index contributed by atoms with van der Waals surface area (Å²) in [4.78, 5) is 17.1. The van der Waals surface area contributed by atoms with Crippen LogP contribution in [0.1, 0.15) is 21.1 Å². The van der Waals surface area contributed by atoms with E-state index in [-0.39, 0.29) is 0 Å². The lowest BCUT2D eigenvalue weighted by Crippen LogP contribution is -2.12. The first-order chi connectivity index (χ1) is 13.0. The van der Waals surface area contributed by atoms with Crippen molar-refractivity contribution in [1.29, 1.82) is 0 Å². The van der Waals surface area contributed by atoms with Gasteiger partial charge in [0.2, 0.25) is 0 Å². The molecule has 1 heterocycles. The molecule has 27 heavy (non-hydrogen) atoms. The molecule has 3 rings (SSSR count). The van der Waals surface area contributed by atoms with Gasteiger partial charge in [-0.05, 0) is 37.3 Å². The molecular formula is C19H16F2N2O2S2. The smallest absolute Gasteiger partial charge is 0.288 e. The molecule has 0 unspecified atom stereocenters. The third kappa shape index (κ3) is 5.51. The number of aryl methyl sites for hydroxylation is 1. The van der Waals surface area contributed by atoms with E-state index in [1.165, 1.54) is 0 Å². The van der Waals surface area contributed by atoms with Crippen LogP contribution in [0.25, 0.3) is 0 Å². The number of benzene rings is 2. The van der Waals surface area contributed by atoms with E-state index in [0.717, 1.165) is 10.7 Å². The van der Waals surface area contributed by atoms with E-state index in [2.05, 4.69) is 10.3 Å². The number of para-hydroxylation sites is 1. The molecule has 0 bridgehead atoms. The molecule has 0 radical (unpaired) electrons. The molecule has 2 aromatic carbocycles. The highest BCUT2D eigenvalue weighted by molar-refractivity contribution is 7.99. The molecule has 1 aromatic heterocycles. The average Bonchev–Trinajstić information content (AvgIpc) is 3.07. The number of amides is 1. The Labute approximate surface area is 163 Å². The molecule has 140 valence electrons. The first-order valence-corrected chi connectivity index (χ1v) is 9.76. The number of ether oxygens (including phenoxy) is 1. The summed E-state index contributed by atoms with van der Waals surface area (Å²) in [6.07, 6.45) is 0. The molecule has 8 heteroatoms. The third-order valence-corrected chi connectivity index (χ3v) is 5.11. The first-order valence-electron chi connectivity index (χ1n) is 8.00. The lowest BCUT2D eigenvalue weighted by atomic mass is 10.2. The number of nitrogens with one attached hydrogen (secondary N) is 1. The van der Waals surface area contributed by atoms with E-state index < -0.39 is 11.7 Å². The van der Waals surface area contributed by atoms with E-state index in [0.29, 0.717) is 40.3 Å². The minimum atomic E-state index is -2.56. The van der Waals surface area contributed by atoms with Crippen LogP contribution >= 0.6 is 23.1 Å². The molecule has 0 atom stereocenters. The molecule has 3 aromatic rings. The Morgan fingerprint density at radius 1 is 1.26 bits per heavy atom. The summed E-state index contributed by atoms with van der Waals surface area (Å²) in [5, 5.41) is 5.56. The number of rotatable bonds is 7. The fraction of sp³-hybridized carbons (Fsp3) is 0.158. The summed E-state index contributed by atoms with van der Waals surface area (Å²) in [5.41, 5.74) is 1.54. The number of thioether (sulfide) groups is 1. The van der Waals surface area contributed by atoms with Crippen molar-refractivity contribution in [2.75, 3.05) is 5.32 Å². The number of carbonyl (C=O) groups excluding carboxylic acids is 1. The van der Waals surface area contributed by atoms with Gasteiger partial charge in [0.1, 0.15) is 12.4 Å². The number of hydrogen-bond acceptors (Lipinski definition) is 5. The number of halogens is 2. The summed E-state index contributed by atoms with van der Waals surface area (Å²) in [6.45, 7) is 2.23. The van der Waals surface area contributed by atoms with Crippen LogP contribution in [-0.2, 0) is 6.61 Å². The van der Waals surface area contributed by atoms with Crippen LogP contribution in [0.2, 0.25) is 0 Å². The summed E-state index contributed by atoms with van der Waals surface area (Å²) < 4.78 is 31.0. The Hall–Kier alpha value is -2.45. The van der Waals surface area contributed by atoms with Gasteiger partial charge in [-0.25, -0.2) is 4.98 Å². The van der Waals surface area contributed by atoms with Gasteiger partial charge in [0.05, 0.1) is 16.4 Å². The molecule has 0 saturated heterocycles. The van der Waals surface area contributed by atoms with Gasteiger partial charge in [-0.3, -0.25) is 4.79 Å². The van der Waals surface area contributed by atoms with Crippen LogP contribution in [0.5, 0.6) is 5.75 Å². The van der Waals surface area contributed by atoms with Crippen LogP contribution < -0.4 is 10.1 Å². The van der Waals surface area contributed by atoms with Gasteiger partial charge in [-0.2, -0.15) is 8.78 Å². The fourth-order valence-electron chi connectivity index (χ4n) is 2.32. The monoisotopic (exact) mass is 406 g/mol. The van der Waals surface area contributed by atoms with Crippen LogP contribution in [0.4, 0.5) is 14.5 Å². The molecule has 0 aliphatic heterocycles. The SMILES string of the molecule is Cc1nc(COc2cccc(C(=O)Nc3ccccc3SC(F)F)c2)cs1. The average molecular weight is 406 g/mol. The Morgan fingerprint density at radius 3 is 2.81 bits per heavy atom. The lowest BCUT2D eigenvalue weighted by molar-refractivity contribution is 0.102. The Morgan fingerprint density at radius 2 is 2.07 bits per heavy atom. The highest BCUT2D eigenvalue weighted by Crippen LogP contribution is 2.32. The van der Waals surface area contributed by atoms with Gasteiger partial charge in [0.15, 0.2) is 0 Å². The van der Waals surface area contributed by atoms with Crippen molar-refractivity contribution in [3.8, 4) is 5.75 Å². The minimum absolute atomic E-state index is 0.309. The quantitative estimate of drug-likeness (QED) is 0.519. The van der Waals surface area contributed by atoms with Crippen molar-refractivity contribution in [2.45, 2.75) is 24.2 Å². The number of anilines is 1. The topological polar surface area (TPSA) is 51.2 Å². The highest BCUT2D eigenvalue weighted by Gasteiger charge is 2.13. The van der Waals surface area contributed by atoms with Crippen molar-refractivity contribution >= 4 is 34.7 Å². The van der Waals surface area contributed by atoms with Gasteiger partial charge in [-0.15, -0.1) is 11.3 Å². The van der Waals surface area contributed by atoms with E-state index in [1.807, 2.05) is 12.3 Å². The molecule has 0 aliphatic rings. The van der Waals surface area contributed by atoms with Crippen LogP contribution in [0, 0.1) is 6.92 Å². The largest absolute Gasteiger partial charge is 0.487 e. The van der Waals surface area contributed by atoms with Gasteiger partial charge < -0.3 is 10.1 Å². The number of aromatic nitrogens is 1. The van der Waals surface area contributed by atoms with Crippen LogP contribution in [0.15, 0.2) is 58.8 Å². The van der Waals surface area contributed by atoms with Crippen molar-refractivity contribution in [3.05, 3.63) is 70.2 Å². The maximum absolute atomic E-state index is 12.7. The van der Waals surface area contributed by atoms with Crippen molar-refractivity contribution < 1.29 is 18.3 Å². The minimum Gasteiger partial charge on any atom is -0.487 e. The zero-order chi connectivity index (χ0) is 19.2. The second-order valence-electron chi connectivity index (χ2n) is 5.50. The first kappa shape index (κ1) is 19.3. The van der Waals surface area contributed by atoms with E-state index in [4.69, 9.17) is 4.74 Å². The maximum atomic E-state index is 12.7. The van der Waals surface area contributed by atoms with Gasteiger partial charge in [0.25, 0.3) is 11.7 Å². The van der Waals surface area contributed by atoms with Crippen molar-refractivity contribution in [1.82, 2.24) is 4.98 Å². The number of hydrogen-bond donors (Lipinski definition) is 1. The zero-order valence-electron chi connectivity index (χ0n) is 14.3. The number of nitrogens with zero attached hydrogens (tertiary/aromatic N) is 1. The van der Waals surface area contributed by atoms with Gasteiger partial charge in [-0.1, -0.05) is 30.0 Å². The fourth-order valence-corrected chi connectivity index (χ4v) is 3.51. The number of alkyl halides is 2. The molecule has 0 fully saturated rings. The lowest BCUT2D eigenvalue weighted by Gasteiger charge is -2.11. The molecule has 0 aliphatic carbocycles. The van der Waals surface area contributed by atoms with Gasteiger partial charge >= 0.3 is 0 Å². The molecule has 1 amide bonds. The second kappa shape index (κ2) is 8.96. The zero-order valence-corrected chi connectivity index (χ0v) is 15.9. The maximum Gasteiger partial charge on any atom is 0.288 e. The summed E-state index contributed by atoms with van der Waals surface area (Å²) >= 11 is 1.94. The third-order valence-electron chi connectivity index (χ3n) is 3.50. The predicted molar refractivity (Wildman–Crippen MR) is 104 cm³/mol. The van der Waals surface area contributed by atoms with E-state index in [9.17, 15) is 13.6 Å². The number of thiazole rings is 1. The van der Waals surface area contributed by atoms with Crippen molar-refractivity contribution in [3.63, 3.8) is 0 Å². The standard InChI is InChI=1S/C19H16F2N2O2S2/c1-12-22-14(11-26-12)10-25-15-6-4-5-13(9-15)18(24)23-16-7-2-3-8-17(16)27-19(20)21/h2-9,11,19H,10H2,1H3,(H,23,24). The summed E-state index contributed by atoms with van der Waals surface area (Å²) in [5.74, 6) is -2.43.